The molecule has 0 aromatic heterocycles. The van der Waals surface area contributed by atoms with Crippen LogP contribution in [-0.4, -0.2) is 38.3 Å². The highest BCUT2D eigenvalue weighted by Gasteiger charge is 2.29. The van der Waals surface area contributed by atoms with Gasteiger partial charge in [0.25, 0.3) is 0 Å². The van der Waals surface area contributed by atoms with Gasteiger partial charge in [0, 0.05) is 13.1 Å². The van der Waals surface area contributed by atoms with E-state index in [4.69, 9.17) is 5.73 Å². The van der Waals surface area contributed by atoms with Crippen molar-refractivity contribution in [1.29, 1.82) is 0 Å². The van der Waals surface area contributed by atoms with E-state index in [2.05, 4.69) is 5.32 Å². The molecule has 1 heterocycles. The molecule has 1 amide bonds. The summed E-state index contributed by atoms with van der Waals surface area (Å²) in [7, 11) is -3.74. The first-order chi connectivity index (χ1) is 9.32. The maximum absolute atomic E-state index is 12.6. The van der Waals surface area contributed by atoms with Crippen molar-refractivity contribution in [2.45, 2.75) is 25.2 Å². The Hall–Kier alpha value is -1.60. The van der Waals surface area contributed by atoms with E-state index in [-0.39, 0.29) is 23.0 Å². The molecule has 2 rings (SSSR count). The molecule has 1 aromatic carbocycles. The van der Waals surface area contributed by atoms with Crippen LogP contribution in [-0.2, 0) is 14.8 Å². The summed E-state index contributed by atoms with van der Waals surface area (Å²) in [6.45, 7) is 4.36. The predicted octanol–water partition coefficient (Wildman–Crippen LogP) is 0.396. The summed E-state index contributed by atoms with van der Waals surface area (Å²) in [4.78, 5) is 11.6. The van der Waals surface area contributed by atoms with E-state index < -0.39 is 10.0 Å². The van der Waals surface area contributed by atoms with Crippen molar-refractivity contribution >= 4 is 21.6 Å². The van der Waals surface area contributed by atoms with Gasteiger partial charge in [-0.05, 0) is 43.5 Å². The number of nitrogens with one attached hydrogen (secondary N) is 1. The molecule has 0 aliphatic carbocycles. The van der Waals surface area contributed by atoms with Crippen molar-refractivity contribution in [1.82, 2.24) is 9.62 Å². The number of anilines is 1. The molecule has 0 bridgehead atoms. The molecule has 0 spiro atoms. The lowest BCUT2D eigenvalue weighted by molar-refractivity contribution is -0.120. The zero-order valence-electron chi connectivity index (χ0n) is 11.6. The Bertz CT molecular complexity index is 641. The molecule has 7 heteroatoms. The second-order valence-electron chi connectivity index (χ2n) is 5.02. The van der Waals surface area contributed by atoms with Crippen molar-refractivity contribution in [2.75, 3.05) is 25.4 Å². The highest BCUT2D eigenvalue weighted by molar-refractivity contribution is 7.89. The number of amides is 1. The maximum Gasteiger partial charge on any atom is 0.245 e. The molecule has 1 aliphatic heterocycles. The summed E-state index contributed by atoms with van der Waals surface area (Å²) in [6.07, 6.45) is 0.593. The first kappa shape index (κ1) is 14.8. The number of nitrogens with zero attached hydrogens (tertiary/aromatic N) is 1. The Morgan fingerprint density at radius 1 is 1.25 bits per heavy atom. The number of nitrogens with two attached hydrogens (primary N) is 1. The molecule has 1 aromatic rings. The van der Waals surface area contributed by atoms with Crippen LogP contribution in [0.4, 0.5) is 5.69 Å². The molecule has 110 valence electrons. The predicted molar refractivity (Wildman–Crippen MR) is 76.7 cm³/mol. The molecular weight excluding hydrogens is 278 g/mol. The number of nitrogen functional groups attached to an aromatic ring is 1. The third kappa shape index (κ3) is 2.78. The number of benzene rings is 1. The molecule has 1 fully saturated rings. The van der Waals surface area contributed by atoms with Gasteiger partial charge in [-0.2, -0.15) is 4.31 Å². The van der Waals surface area contributed by atoms with E-state index in [1.54, 1.807) is 12.1 Å². The van der Waals surface area contributed by atoms with E-state index in [1.807, 2.05) is 13.8 Å². The van der Waals surface area contributed by atoms with Gasteiger partial charge < -0.3 is 11.1 Å². The first-order valence-electron chi connectivity index (χ1n) is 6.46. The lowest BCUT2D eigenvalue weighted by Gasteiger charge is -2.20. The molecule has 3 N–H and O–H groups in total. The van der Waals surface area contributed by atoms with Gasteiger partial charge >= 0.3 is 0 Å². The first-order valence-corrected chi connectivity index (χ1v) is 7.90. The minimum atomic E-state index is -3.74. The monoisotopic (exact) mass is 297 g/mol. The molecule has 1 saturated heterocycles. The van der Waals surface area contributed by atoms with Gasteiger partial charge in [-0.1, -0.05) is 0 Å². The summed E-state index contributed by atoms with van der Waals surface area (Å²) in [6, 6.07) is 3.23. The van der Waals surface area contributed by atoms with Crippen molar-refractivity contribution in [3.8, 4) is 0 Å². The van der Waals surface area contributed by atoms with E-state index >= 15 is 0 Å². The van der Waals surface area contributed by atoms with Crippen LogP contribution in [0.2, 0.25) is 0 Å². The molecule has 6 nitrogen and oxygen atoms in total. The molecular formula is C13H19N3O3S. The third-order valence-corrected chi connectivity index (χ3v) is 5.37. The quantitative estimate of drug-likeness (QED) is 0.773. The van der Waals surface area contributed by atoms with Crippen LogP contribution in [0, 0.1) is 13.8 Å². The normalized spacial score (nSPS) is 17.6. The fraction of sp³-hybridized carbons (Fsp3) is 0.462. The smallest absolute Gasteiger partial charge is 0.245 e. The van der Waals surface area contributed by atoms with Crippen LogP contribution in [0.15, 0.2) is 17.0 Å². The highest BCUT2D eigenvalue weighted by Crippen LogP contribution is 2.26. The maximum atomic E-state index is 12.6. The fourth-order valence-electron chi connectivity index (χ4n) is 2.16. The summed E-state index contributed by atoms with van der Waals surface area (Å²) in [5, 5.41) is 2.66. The topological polar surface area (TPSA) is 92.5 Å². The average molecular weight is 297 g/mol. The van der Waals surface area contributed by atoms with Crippen LogP contribution in [0.5, 0.6) is 0 Å². The summed E-state index contributed by atoms with van der Waals surface area (Å²) < 4.78 is 26.5. The zero-order valence-corrected chi connectivity index (χ0v) is 12.5. The molecule has 1 aliphatic rings. The van der Waals surface area contributed by atoms with E-state index in [9.17, 15) is 13.2 Å². The van der Waals surface area contributed by atoms with E-state index in [0.29, 0.717) is 19.5 Å². The van der Waals surface area contributed by atoms with Crippen LogP contribution in [0.1, 0.15) is 17.5 Å². The van der Waals surface area contributed by atoms with Crippen LogP contribution < -0.4 is 11.1 Å². The molecule has 0 saturated carbocycles. The number of aryl methyl sites for hydroxylation is 2. The van der Waals surface area contributed by atoms with Gasteiger partial charge in [-0.3, -0.25) is 4.79 Å². The average Bonchev–Trinajstić information content (AvgIpc) is 2.58. The summed E-state index contributed by atoms with van der Waals surface area (Å²) in [5.74, 6) is -0.284. The second-order valence-corrected chi connectivity index (χ2v) is 6.92. The lowest BCUT2D eigenvalue weighted by Crippen LogP contribution is -2.37. The number of hydrogen-bond donors (Lipinski definition) is 2. The standard InChI is InChI=1S/C13H19N3O3S/c1-9-6-11(14)12(7-10(9)2)20(18,19)16-5-3-4-15-13(17)8-16/h6-7H,3-5,8,14H2,1-2H3,(H,15,17). The number of carbonyl (C=O) groups is 1. The Balaban J connectivity index is 2.44. The number of hydrogen-bond acceptors (Lipinski definition) is 4. The van der Waals surface area contributed by atoms with Crippen molar-refractivity contribution in [2.24, 2.45) is 0 Å². The van der Waals surface area contributed by atoms with Crippen molar-refractivity contribution in [3.05, 3.63) is 23.3 Å². The van der Waals surface area contributed by atoms with Gasteiger partial charge in [-0.25, -0.2) is 8.42 Å². The minimum Gasteiger partial charge on any atom is -0.398 e. The van der Waals surface area contributed by atoms with Gasteiger partial charge in [0.1, 0.15) is 4.90 Å². The second kappa shape index (κ2) is 5.41. The van der Waals surface area contributed by atoms with Crippen LogP contribution in [0.25, 0.3) is 0 Å². The molecule has 0 unspecified atom stereocenters. The minimum absolute atomic E-state index is 0.0790. The Labute approximate surface area is 119 Å². The third-order valence-electron chi connectivity index (χ3n) is 3.47. The highest BCUT2D eigenvalue weighted by atomic mass is 32.2. The number of rotatable bonds is 2. The van der Waals surface area contributed by atoms with Gasteiger partial charge in [-0.15, -0.1) is 0 Å². The van der Waals surface area contributed by atoms with Gasteiger partial charge in [0.05, 0.1) is 12.2 Å². The van der Waals surface area contributed by atoms with E-state index in [0.717, 1.165) is 11.1 Å². The van der Waals surface area contributed by atoms with Gasteiger partial charge in [0.15, 0.2) is 0 Å². The summed E-state index contributed by atoms with van der Waals surface area (Å²) >= 11 is 0. The Morgan fingerprint density at radius 2 is 1.90 bits per heavy atom. The van der Waals surface area contributed by atoms with Crippen molar-refractivity contribution < 1.29 is 13.2 Å². The molecule has 0 radical (unpaired) electrons. The zero-order chi connectivity index (χ0) is 14.9. The number of sulfonamides is 1. The van der Waals surface area contributed by atoms with Crippen LogP contribution >= 0.6 is 0 Å². The molecule has 0 atom stereocenters. The lowest BCUT2D eigenvalue weighted by atomic mass is 10.1. The fourth-order valence-corrected chi connectivity index (χ4v) is 3.78. The van der Waals surface area contributed by atoms with Crippen molar-refractivity contribution in [3.63, 3.8) is 0 Å². The molecule has 20 heavy (non-hydrogen) atoms. The Morgan fingerprint density at radius 3 is 2.60 bits per heavy atom. The Kier molecular flexibility index (Phi) is 4.01. The summed E-state index contributed by atoms with van der Waals surface area (Å²) in [5.41, 5.74) is 7.87. The SMILES string of the molecule is Cc1cc(N)c(S(=O)(=O)N2CCCNC(=O)C2)cc1C. The van der Waals surface area contributed by atoms with E-state index in [1.165, 1.54) is 4.31 Å². The van der Waals surface area contributed by atoms with Gasteiger partial charge in [0.2, 0.25) is 15.9 Å². The largest absolute Gasteiger partial charge is 0.398 e. The van der Waals surface area contributed by atoms with Crippen LogP contribution in [0.3, 0.4) is 0 Å². The number of carbonyl (C=O) groups excluding carboxylic acids is 1.